The Bertz CT molecular complexity index is 1030. The van der Waals surface area contributed by atoms with E-state index in [1.54, 1.807) is 35.2 Å². The van der Waals surface area contributed by atoms with E-state index in [0.717, 1.165) is 31.6 Å². The van der Waals surface area contributed by atoms with Gasteiger partial charge in [0.2, 0.25) is 0 Å². The monoisotopic (exact) mass is 484 g/mol. The highest BCUT2D eigenvalue weighted by molar-refractivity contribution is 7.85. The second kappa shape index (κ2) is 11.1. The Morgan fingerprint density at radius 1 is 1.06 bits per heavy atom. The van der Waals surface area contributed by atoms with Gasteiger partial charge in [0.05, 0.1) is 5.75 Å². The van der Waals surface area contributed by atoms with Gasteiger partial charge in [-0.15, -0.1) is 0 Å². The van der Waals surface area contributed by atoms with Crippen molar-refractivity contribution >= 4 is 27.6 Å². The Labute approximate surface area is 192 Å². The molecule has 0 unspecified atom stereocenters. The van der Waals surface area contributed by atoms with E-state index in [4.69, 9.17) is 20.9 Å². The summed E-state index contributed by atoms with van der Waals surface area (Å²) in [6.45, 7) is 3.33. The summed E-state index contributed by atoms with van der Waals surface area (Å²) in [5.41, 5.74) is 1.58. The van der Waals surface area contributed by atoms with E-state index in [2.05, 4.69) is 4.90 Å². The highest BCUT2D eigenvalue weighted by atomic mass is 35.5. The molecule has 10 heteroatoms. The molecule has 0 atom stereocenters. The lowest BCUT2D eigenvalue weighted by molar-refractivity contribution is -0.135. The Balaban J connectivity index is 1.45. The first kappa shape index (κ1) is 24.4. The minimum atomic E-state index is -4.13. The van der Waals surface area contributed by atoms with Gasteiger partial charge in [-0.2, -0.15) is 8.42 Å². The number of benzene rings is 2. The zero-order valence-electron chi connectivity index (χ0n) is 17.5. The molecule has 0 saturated carbocycles. The SMILES string of the molecule is O=C(COc1ccc(Cl)cc1CCS(=O)(=O)O)N1CCN(CCc2ccc(F)cc2)CC1. The Morgan fingerprint density at radius 3 is 2.41 bits per heavy atom. The van der Waals surface area contributed by atoms with E-state index >= 15 is 0 Å². The van der Waals surface area contributed by atoms with Crippen LogP contribution < -0.4 is 4.74 Å². The average Bonchev–Trinajstić information content (AvgIpc) is 2.76. The minimum absolute atomic E-state index is 0.0235. The number of nitrogens with zero attached hydrogens (tertiary/aromatic N) is 2. The van der Waals surface area contributed by atoms with Crippen LogP contribution in [0.15, 0.2) is 42.5 Å². The number of carbonyl (C=O) groups is 1. The fourth-order valence-electron chi connectivity index (χ4n) is 3.51. The largest absolute Gasteiger partial charge is 0.483 e. The van der Waals surface area contributed by atoms with E-state index < -0.39 is 15.9 Å². The van der Waals surface area contributed by atoms with Crippen molar-refractivity contribution in [3.8, 4) is 5.75 Å². The van der Waals surface area contributed by atoms with Crippen molar-refractivity contribution in [2.24, 2.45) is 0 Å². The molecule has 32 heavy (non-hydrogen) atoms. The molecule has 1 heterocycles. The first-order chi connectivity index (χ1) is 15.2. The van der Waals surface area contributed by atoms with Crippen LogP contribution in [0, 0.1) is 5.82 Å². The van der Waals surface area contributed by atoms with Crippen LogP contribution in [0.2, 0.25) is 5.02 Å². The molecule has 1 saturated heterocycles. The van der Waals surface area contributed by atoms with Crippen molar-refractivity contribution in [3.63, 3.8) is 0 Å². The van der Waals surface area contributed by atoms with E-state index in [1.807, 2.05) is 0 Å². The predicted octanol–water partition coefficient (Wildman–Crippen LogP) is 2.68. The molecule has 1 N–H and O–H groups in total. The Hall–Kier alpha value is -2.20. The van der Waals surface area contributed by atoms with Crippen LogP contribution in [0.1, 0.15) is 11.1 Å². The van der Waals surface area contributed by atoms with Crippen molar-refractivity contribution in [3.05, 3.63) is 64.4 Å². The minimum Gasteiger partial charge on any atom is -0.483 e. The van der Waals surface area contributed by atoms with E-state index in [9.17, 15) is 17.6 Å². The quantitative estimate of drug-likeness (QED) is 0.551. The summed E-state index contributed by atoms with van der Waals surface area (Å²) in [5.74, 6) is -0.493. The molecule has 0 aromatic heterocycles. The molecule has 7 nitrogen and oxygen atoms in total. The highest BCUT2D eigenvalue weighted by Gasteiger charge is 2.21. The molecule has 0 spiro atoms. The summed E-state index contributed by atoms with van der Waals surface area (Å²) in [6, 6.07) is 11.2. The van der Waals surface area contributed by atoms with Gasteiger partial charge in [0.25, 0.3) is 16.0 Å². The second-order valence-electron chi connectivity index (χ2n) is 7.68. The summed E-state index contributed by atoms with van der Waals surface area (Å²) in [7, 11) is -4.13. The second-order valence-corrected chi connectivity index (χ2v) is 9.68. The van der Waals surface area contributed by atoms with Gasteiger partial charge in [0.15, 0.2) is 6.61 Å². The van der Waals surface area contributed by atoms with Gasteiger partial charge in [0, 0.05) is 37.7 Å². The average molecular weight is 485 g/mol. The molecule has 3 rings (SSSR count). The number of ether oxygens (including phenoxy) is 1. The summed E-state index contributed by atoms with van der Waals surface area (Å²) in [6.07, 6.45) is 0.843. The molecule has 0 bridgehead atoms. The number of aryl methyl sites for hydroxylation is 1. The molecule has 1 aliphatic rings. The summed E-state index contributed by atoms with van der Waals surface area (Å²) < 4.78 is 49.7. The standard InChI is InChI=1S/C22H26ClFN2O5S/c23-19-3-6-21(18(15-19)8-14-32(28,29)30)31-16-22(27)26-12-10-25(11-13-26)9-7-17-1-4-20(24)5-2-17/h1-6,15H,7-14,16H2,(H,28,29,30). The molecular weight excluding hydrogens is 459 g/mol. The fourth-order valence-corrected chi connectivity index (χ4v) is 4.19. The maximum absolute atomic E-state index is 13.0. The van der Waals surface area contributed by atoms with Gasteiger partial charge < -0.3 is 9.64 Å². The first-order valence-electron chi connectivity index (χ1n) is 10.3. The number of amides is 1. The van der Waals surface area contributed by atoms with Gasteiger partial charge in [-0.05, 0) is 54.3 Å². The molecule has 2 aromatic rings. The Kier molecular flexibility index (Phi) is 8.47. The van der Waals surface area contributed by atoms with Gasteiger partial charge in [-0.25, -0.2) is 4.39 Å². The number of hydrogen-bond donors (Lipinski definition) is 1. The number of carbonyl (C=O) groups excluding carboxylic acids is 1. The van der Waals surface area contributed by atoms with Crippen molar-refractivity contribution in [2.75, 3.05) is 45.1 Å². The molecule has 0 aliphatic carbocycles. The van der Waals surface area contributed by atoms with Gasteiger partial charge in [0.1, 0.15) is 11.6 Å². The van der Waals surface area contributed by atoms with Crippen LogP contribution in [0.4, 0.5) is 4.39 Å². The van der Waals surface area contributed by atoms with Crippen LogP contribution >= 0.6 is 11.6 Å². The number of hydrogen-bond acceptors (Lipinski definition) is 5. The van der Waals surface area contributed by atoms with Crippen LogP contribution in [0.5, 0.6) is 5.75 Å². The maximum atomic E-state index is 13.0. The zero-order chi connectivity index (χ0) is 23.1. The third-order valence-electron chi connectivity index (χ3n) is 5.36. The van der Waals surface area contributed by atoms with Crippen LogP contribution in [-0.4, -0.2) is 73.8 Å². The lowest BCUT2D eigenvalue weighted by Gasteiger charge is -2.34. The van der Waals surface area contributed by atoms with Crippen LogP contribution in [0.25, 0.3) is 0 Å². The lowest BCUT2D eigenvalue weighted by Crippen LogP contribution is -2.50. The van der Waals surface area contributed by atoms with Crippen molar-refractivity contribution in [2.45, 2.75) is 12.8 Å². The zero-order valence-corrected chi connectivity index (χ0v) is 19.1. The van der Waals surface area contributed by atoms with Gasteiger partial charge in [-0.1, -0.05) is 23.7 Å². The lowest BCUT2D eigenvalue weighted by atomic mass is 10.1. The van der Waals surface area contributed by atoms with Crippen molar-refractivity contribution in [1.29, 1.82) is 0 Å². The van der Waals surface area contributed by atoms with E-state index in [-0.39, 0.29) is 24.8 Å². The third kappa shape index (κ3) is 7.74. The highest BCUT2D eigenvalue weighted by Crippen LogP contribution is 2.24. The first-order valence-corrected chi connectivity index (χ1v) is 12.3. The van der Waals surface area contributed by atoms with Crippen LogP contribution in [0.3, 0.4) is 0 Å². The smallest absolute Gasteiger partial charge is 0.265 e. The number of piperazine rings is 1. The Morgan fingerprint density at radius 2 is 1.75 bits per heavy atom. The molecular formula is C22H26ClFN2O5S. The third-order valence-corrected chi connectivity index (χ3v) is 6.31. The van der Waals surface area contributed by atoms with E-state index in [0.29, 0.717) is 29.4 Å². The van der Waals surface area contributed by atoms with Gasteiger partial charge in [-0.3, -0.25) is 14.2 Å². The molecule has 2 aromatic carbocycles. The van der Waals surface area contributed by atoms with Crippen molar-refractivity contribution in [1.82, 2.24) is 9.80 Å². The van der Waals surface area contributed by atoms with E-state index in [1.165, 1.54) is 12.1 Å². The topological polar surface area (TPSA) is 87.1 Å². The molecule has 1 amide bonds. The number of halogens is 2. The molecule has 174 valence electrons. The molecule has 1 fully saturated rings. The molecule has 1 aliphatic heterocycles. The fraction of sp³-hybridized carbons (Fsp3) is 0.409. The normalized spacial score (nSPS) is 15.0. The maximum Gasteiger partial charge on any atom is 0.265 e. The summed E-state index contributed by atoms with van der Waals surface area (Å²) in [4.78, 5) is 16.6. The summed E-state index contributed by atoms with van der Waals surface area (Å²) >= 11 is 5.97. The van der Waals surface area contributed by atoms with Gasteiger partial charge >= 0.3 is 0 Å². The van der Waals surface area contributed by atoms with Crippen molar-refractivity contribution < 1.29 is 26.9 Å². The predicted molar refractivity (Wildman–Crippen MR) is 120 cm³/mol. The number of rotatable bonds is 9. The molecule has 0 radical (unpaired) electrons. The van der Waals surface area contributed by atoms with Crippen LogP contribution in [-0.2, 0) is 27.8 Å². The summed E-state index contributed by atoms with van der Waals surface area (Å²) in [5, 5.41) is 0.408.